The van der Waals surface area contributed by atoms with Crippen LogP contribution in [0.15, 0.2) is 42.5 Å². The van der Waals surface area contributed by atoms with Gasteiger partial charge >= 0.3 is 0 Å². The van der Waals surface area contributed by atoms with Gasteiger partial charge in [-0.15, -0.1) is 0 Å². The molecule has 2 aromatic carbocycles. The van der Waals surface area contributed by atoms with Gasteiger partial charge in [0.2, 0.25) is 0 Å². The zero-order chi connectivity index (χ0) is 16.2. The van der Waals surface area contributed by atoms with E-state index in [4.69, 9.17) is 0 Å². The molecule has 2 fully saturated rings. The van der Waals surface area contributed by atoms with Crippen molar-refractivity contribution in [2.24, 2.45) is 16.7 Å². The van der Waals surface area contributed by atoms with E-state index in [-0.39, 0.29) is 23.0 Å². The van der Waals surface area contributed by atoms with Crippen LogP contribution in [0.3, 0.4) is 0 Å². The summed E-state index contributed by atoms with van der Waals surface area (Å²) < 4.78 is 0. The Balaban J connectivity index is 1.58. The Labute approximate surface area is 138 Å². The van der Waals surface area contributed by atoms with Crippen LogP contribution in [0.5, 0.6) is 0 Å². The molecule has 0 aromatic heterocycles. The van der Waals surface area contributed by atoms with Gasteiger partial charge in [-0.2, -0.15) is 0 Å². The van der Waals surface area contributed by atoms with Crippen LogP contribution in [-0.2, 0) is 6.54 Å². The summed E-state index contributed by atoms with van der Waals surface area (Å²) in [5, 5.41) is 17.2. The van der Waals surface area contributed by atoms with Gasteiger partial charge in [-0.3, -0.25) is 0 Å². The third kappa shape index (κ3) is 2.01. The van der Waals surface area contributed by atoms with Crippen molar-refractivity contribution in [3.8, 4) is 0 Å². The van der Waals surface area contributed by atoms with Crippen molar-refractivity contribution < 1.29 is 5.11 Å². The fourth-order valence-electron chi connectivity index (χ4n) is 5.26. The first kappa shape index (κ1) is 15.2. The predicted octanol–water partition coefficient (Wildman–Crippen LogP) is 4.12. The summed E-state index contributed by atoms with van der Waals surface area (Å²) in [6.07, 6.45) is 2.14. The first-order valence-corrected chi connectivity index (χ1v) is 8.83. The van der Waals surface area contributed by atoms with Gasteiger partial charge in [0, 0.05) is 18.0 Å². The topological polar surface area (TPSA) is 32.3 Å². The van der Waals surface area contributed by atoms with E-state index in [0.717, 1.165) is 13.0 Å². The van der Waals surface area contributed by atoms with Crippen molar-refractivity contribution in [1.29, 1.82) is 0 Å². The Hall–Kier alpha value is -1.38. The highest BCUT2D eigenvalue weighted by molar-refractivity contribution is 5.85. The second-order valence-electron chi connectivity index (χ2n) is 8.27. The van der Waals surface area contributed by atoms with Crippen molar-refractivity contribution in [2.75, 3.05) is 0 Å². The third-order valence-electron chi connectivity index (χ3n) is 7.21. The molecule has 0 heterocycles. The molecule has 0 unspecified atom stereocenters. The van der Waals surface area contributed by atoms with E-state index in [1.54, 1.807) is 0 Å². The Bertz CT molecular complexity index is 732. The van der Waals surface area contributed by atoms with Gasteiger partial charge in [0.15, 0.2) is 0 Å². The molecule has 2 heteroatoms. The quantitative estimate of drug-likeness (QED) is 0.894. The molecule has 2 N–H and O–H groups in total. The molecule has 122 valence electrons. The second-order valence-corrected chi connectivity index (χ2v) is 8.27. The molecular formula is C21H27NO. The van der Waals surface area contributed by atoms with Gasteiger partial charge in [-0.05, 0) is 40.5 Å². The lowest BCUT2D eigenvalue weighted by molar-refractivity contribution is -0.000161. The van der Waals surface area contributed by atoms with Crippen LogP contribution in [0, 0.1) is 16.7 Å². The van der Waals surface area contributed by atoms with Gasteiger partial charge in [0.25, 0.3) is 0 Å². The number of hydrogen-bond acceptors (Lipinski definition) is 2. The smallest absolute Gasteiger partial charge is 0.0754 e. The first-order chi connectivity index (χ1) is 10.9. The first-order valence-electron chi connectivity index (χ1n) is 8.83. The summed E-state index contributed by atoms with van der Waals surface area (Å²) in [6, 6.07) is 15.2. The minimum Gasteiger partial charge on any atom is -0.391 e. The van der Waals surface area contributed by atoms with E-state index in [0.29, 0.717) is 5.92 Å². The molecule has 2 aromatic rings. The molecule has 4 atom stereocenters. The van der Waals surface area contributed by atoms with Gasteiger partial charge in [0.05, 0.1) is 6.10 Å². The van der Waals surface area contributed by atoms with E-state index in [2.05, 4.69) is 68.6 Å². The predicted molar refractivity (Wildman–Crippen MR) is 95.2 cm³/mol. The van der Waals surface area contributed by atoms with Crippen LogP contribution in [0.4, 0.5) is 0 Å². The molecule has 0 amide bonds. The highest BCUT2D eigenvalue weighted by Gasteiger charge is 2.65. The summed E-state index contributed by atoms with van der Waals surface area (Å²) in [5.74, 6) is 0.567. The molecule has 23 heavy (non-hydrogen) atoms. The Morgan fingerprint density at radius 1 is 1.09 bits per heavy atom. The van der Waals surface area contributed by atoms with E-state index >= 15 is 0 Å². The number of aliphatic hydroxyl groups excluding tert-OH is 1. The maximum atomic E-state index is 10.9. The molecule has 2 aliphatic rings. The highest BCUT2D eigenvalue weighted by Crippen LogP contribution is 2.65. The molecule has 0 radical (unpaired) electrons. The van der Waals surface area contributed by atoms with E-state index in [1.807, 2.05) is 0 Å². The number of hydrogen-bond donors (Lipinski definition) is 2. The fourth-order valence-corrected chi connectivity index (χ4v) is 5.26. The maximum absolute atomic E-state index is 10.9. The molecular weight excluding hydrogens is 282 g/mol. The van der Waals surface area contributed by atoms with Gasteiger partial charge in [0.1, 0.15) is 0 Å². The van der Waals surface area contributed by atoms with Crippen molar-refractivity contribution in [3.05, 3.63) is 48.0 Å². The van der Waals surface area contributed by atoms with Crippen LogP contribution < -0.4 is 5.32 Å². The van der Waals surface area contributed by atoms with E-state index in [9.17, 15) is 5.11 Å². The lowest BCUT2D eigenvalue weighted by Gasteiger charge is -2.37. The van der Waals surface area contributed by atoms with Crippen LogP contribution in [0.1, 0.15) is 39.2 Å². The molecule has 2 bridgehead atoms. The third-order valence-corrected chi connectivity index (χ3v) is 7.21. The SMILES string of the molecule is CC1(C)[C@@H]2CC[C@@]1(C)[C@@H](O)[C@@H]2NCc1cccc2ccccc12. The van der Waals surface area contributed by atoms with Crippen molar-refractivity contribution in [1.82, 2.24) is 5.32 Å². The highest BCUT2D eigenvalue weighted by atomic mass is 16.3. The number of rotatable bonds is 3. The Morgan fingerprint density at radius 2 is 1.83 bits per heavy atom. The van der Waals surface area contributed by atoms with Crippen LogP contribution in [-0.4, -0.2) is 17.3 Å². The van der Waals surface area contributed by atoms with Crippen LogP contribution in [0.2, 0.25) is 0 Å². The molecule has 0 spiro atoms. The molecule has 2 saturated carbocycles. The molecule has 0 saturated heterocycles. The monoisotopic (exact) mass is 309 g/mol. The summed E-state index contributed by atoms with van der Waals surface area (Å²) >= 11 is 0. The largest absolute Gasteiger partial charge is 0.391 e. The zero-order valence-electron chi connectivity index (χ0n) is 14.3. The van der Waals surface area contributed by atoms with Crippen LogP contribution >= 0.6 is 0 Å². The molecule has 4 rings (SSSR count). The van der Waals surface area contributed by atoms with E-state index in [1.165, 1.54) is 22.8 Å². The zero-order valence-corrected chi connectivity index (χ0v) is 14.3. The fraction of sp³-hybridized carbons (Fsp3) is 0.524. The summed E-state index contributed by atoms with van der Waals surface area (Å²) in [6.45, 7) is 7.78. The number of fused-ring (bicyclic) bond motifs is 3. The lowest BCUT2D eigenvalue weighted by atomic mass is 9.70. The number of benzene rings is 2. The summed E-state index contributed by atoms with van der Waals surface area (Å²) in [5.41, 5.74) is 1.58. The van der Waals surface area contributed by atoms with Crippen molar-refractivity contribution in [3.63, 3.8) is 0 Å². The second kappa shape index (κ2) is 5.06. The van der Waals surface area contributed by atoms with Crippen LogP contribution in [0.25, 0.3) is 10.8 Å². The Kier molecular flexibility index (Phi) is 3.33. The van der Waals surface area contributed by atoms with Crippen molar-refractivity contribution >= 4 is 10.8 Å². The average Bonchev–Trinajstić information content (AvgIpc) is 2.86. The summed E-state index contributed by atoms with van der Waals surface area (Å²) in [7, 11) is 0. The van der Waals surface area contributed by atoms with Gasteiger partial charge < -0.3 is 10.4 Å². The van der Waals surface area contributed by atoms with Gasteiger partial charge in [-0.1, -0.05) is 63.2 Å². The van der Waals surface area contributed by atoms with Crippen molar-refractivity contribution in [2.45, 2.75) is 52.3 Å². The summed E-state index contributed by atoms with van der Waals surface area (Å²) in [4.78, 5) is 0. The van der Waals surface area contributed by atoms with Gasteiger partial charge in [-0.25, -0.2) is 0 Å². The molecule has 2 aliphatic carbocycles. The standard InChI is InChI=1S/C21H27NO/c1-20(2)17-11-12-21(20,3)19(23)18(17)22-13-15-9-6-8-14-7-4-5-10-16(14)15/h4-10,17-19,22-23H,11-13H2,1-3H3/t17-,18-,19+,21+/m1/s1. The molecule has 2 nitrogen and oxygen atoms in total. The normalized spacial score (nSPS) is 35.0. The number of aliphatic hydroxyl groups is 1. The molecule has 0 aliphatic heterocycles. The van der Waals surface area contributed by atoms with E-state index < -0.39 is 0 Å². The lowest BCUT2D eigenvalue weighted by Crippen LogP contribution is -2.46. The maximum Gasteiger partial charge on any atom is 0.0754 e. The number of nitrogens with one attached hydrogen (secondary N) is 1. The minimum absolute atomic E-state index is 0.0497. The average molecular weight is 309 g/mol. The minimum atomic E-state index is -0.244. The Morgan fingerprint density at radius 3 is 2.57 bits per heavy atom.